The summed E-state index contributed by atoms with van der Waals surface area (Å²) < 4.78 is 14.4. The molecule has 0 aromatic rings. The second-order valence-corrected chi connectivity index (χ2v) is 2.41. The Hall–Kier alpha value is -2.12. The summed E-state index contributed by atoms with van der Waals surface area (Å²) in [4.78, 5) is 40.8. The van der Waals surface area contributed by atoms with Crippen molar-refractivity contribution in [1.82, 2.24) is 0 Å². The molecule has 1 aliphatic heterocycles. The monoisotopic (exact) mass is 234 g/mol. The molecule has 1 heterocycles. The van der Waals surface area contributed by atoms with Gasteiger partial charge < -0.3 is 18.9 Å². The molecule has 90 valence electrons. The first-order valence-corrected chi connectivity index (χ1v) is 4.36. The van der Waals surface area contributed by atoms with E-state index in [9.17, 15) is 19.2 Å². The van der Waals surface area contributed by atoms with Crippen molar-refractivity contribution >= 4 is 24.6 Å². The number of hydrogen-bond donors (Lipinski definition) is 0. The van der Waals surface area contributed by atoms with Crippen molar-refractivity contribution in [3.05, 3.63) is 0 Å². The van der Waals surface area contributed by atoms with Crippen LogP contribution in [0.4, 0.5) is 19.2 Å². The first-order valence-electron chi connectivity index (χ1n) is 4.36. The van der Waals surface area contributed by atoms with E-state index in [1.54, 1.807) is 0 Å². The lowest BCUT2D eigenvalue weighted by molar-refractivity contribution is 0.00863. The number of ether oxygens (including phenoxy) is 4. The second kappa shape index (κ2) is 7.21. The van der Waals surface area contributed by atoms with Crippen molar-refractivity contribution in [3.8, 4) is 0 Å². The Kier molecular flexibility index (Phi) is 6.25. The predicted molar refractivity (Wildman–Crippen MR) is 46.5 cm³/mol. The molecule has 0 aromatic carbocycles. The molecule has 16 heavy (non-hydrogen) atoms. The highest BCUT2D eigenvalue weighted by Crippen LogP contribution is 2.00. The van der Waals surface area contributed by atoms with Crippen molar-refractivity contribution in [3.63, 3.8) is 0 Å². The molecule has 0 radical (unpaired) electrons. The highest BCUT2D eigenvalue weighted by molar-refractivity contribution is 5.93. The average Bonchev–Trinajstić information content (AvgIpc) is 2.15. The summed E-state index contributed by atoms with van der Waals surface area (Å²) >= 11 is 0. The van der Waals surface area contributed by atoms with Gasteiger partial charge in [-0.05, 0) is 0 Å². The molecule has 0 amide bonds. The van der Waals surface area contributed by atoms with Gasteiger partial charge in [0.2, 0.25) is 0 Å². The van der Waals surface area contributed by atoms with E-state index in [4.69, 9.17) is 0 Å². The quantitative estimate of drug-likeness (QED) is 0.502. The zero-order valence-electron chi connectivity index (χ0n) is 8.68. The third kappa shape index (κ3) is 6.35. The van der Waals surface area contributed by atoms with Crippen LogP contribution in [0.2, 0.25) is 0 Å². The van der Waals surface area contributed by atoms with E-state index >= 15 is 0 Å². The van der Waals surface area contributed by atoms with Gasteiger partial charge in [-0.25, -0.2) is 19.2 Å². The fourth-order valence-electron chi connectivity index (χ4n) is 0.355. The Morgan fingerprint density at radius 1 is 0.625 bits per heavy atom. The molecule has 8 heteroatoms. The Bertz CT molecular complexity index is 220. The van der Waals surface area contributed by atoms with Crippen molar-refractivity contribution in [2.75, 3.05) is 0 Å². The number of unbranched alkanes of at least 4 members (excludes halogenated alkanes) is 1. The van der Waals surface area contributed by atoms with Gasteiger partial charge in [0.05, 0.1) is 0 Å². The summed E-state index contributed by atoms with van der Waals surface area (Å²) in [5.41, 5.74) is 0. The van der Waals surface area contributed by atoms with Crippen molar-refractivity contribution < 1.29 is 38.1 Å². The van der Waals surface area contributed by atoms with Crippen molar-refractivity contribution in [2.45, 2.75) is 26.7 Å². The molecule has 1 aliphatic rings. The van der Waals surface area contributed by atoms with Crippen LogP contribution in [0.5, 0.6) is 0 Å². The number of cyclic esters (lactones) is 8. The molecule has 0 saturated carbocycles. The lowest BCUT2D eigenvalue weighted by atomic mass is 10.4. The Labute approximate surface area is 90.4 Å². The topological polar surface area (TPSA) is 105 Å². The predicted octanol–water partition coefficient (Wildman–Crippen LogP) is 2.35. The van der Waals surface area contributed by atoms with Crippen molar-refractivity contribution in [2.24, 2.45) is 0 Å². The fourth-order valence-corrected chi connectivity index (χ4v) is 0.355. The Morgan fingerprint density at radius 2 is 0.812 bits per heavy atom. The number of rotatable bonds is 1. The first kappa shape index (κ1) is 13.9. The number of hydrogen-bond acceptors (Lipinski definition) is 8. The minimum absolute atomic E-state index is 1.32. The van der Waals surface area contributed by atoms with Gasteiger partial charge in [-0.15, -0.1) is 0 Å². The second-order valence-electron chi connectivity index (χ2n) is 2.41. The zero-order valence-corrected chi connectivity index (χ0v) is 8.68. The van der Waals surface area contributed by atoms with Crippen molar-refractivity contribution in [1.29, 1.82) is 0 Å². The fraction of sp³-hybridized carbons (Fsp3) is 0.500. The van der Waals surface area contributed by atoms with E-state index in [-0.39, 0.29) is 0 Å². The maximum atomic E-state index is 10.2. The van der Waals surface area contributed by atoms with Crippen LogP contribution in [0.1, 0.15) is 26.7 Å². The Balaban J connectivity index is 0.000000487. The molecule has 8 nitrogen and oxygen atoms in total. The van der Waals surface area contributed by atoms with E-state index in [1.165, 1.54) is 12.8 Å². The van der Waals surface area contributed by atoms with E-state index in [0.29, 0.717) is 0 Å². The largest absolute Gasteiger partial charge is 0.528 e. The van der Waals surface area contributed by atoms with Gasteiger partial charge in [-0.3, -0.25) is 0 Å². The van der Waals surface area contributed by atoms with Crippen LogP contribution < -0.4 is 0 Å². The van der Waals surface area contributed by atoms with Gasteiger partial charge in [0.15, 0.2) is 0 Å². The zero-order chi connectivity index (χ0) is 12.6. The molecule has 1 saturated heterocycles. The Morgan fingerprint density at radius 3 is 0.938 bits per heavy atom. The van der Waals surface area contributed by atoms with Gasteiger partial charge >= 0.3 is 24.6 Å². The first-order chi connectivity index (χ1) is 7.49. The summed E-state index contributed by atoms with van der Waals surface area (Å²) in [6.07, 6.45) is -3.87. The average molecular weight is 234 g/mol. The van der Waals surface area contributed by atoms with Gasteiger partial charge in [0, 0.05) is 0 Å². The molecular weight excluding hydrogens is 224 g/mol. The molecule has 0 bridgehead atoms. The minimum atomic E-state index is -1.63. The van der Waals surface area contributed by atoms with Crippen LogP contribution in [-0.4, -0.2) is 24.6 Å². The minimum Gasteiger partial charge on any atom is -0.327 e. The van der Waals surface area contributed by atoms with Gasteiger partial charge in [0.1, 0.15) is 0 Å². The highest BCUT2D eigenvalue weighted by atomic mass is 16.9. The van der Waals surface area contributed by atoms with E-state index in [1.807, 2.05) is 0 Å². The molecule has 1 rings (SSSR count). The molecular formula is C8H10O8. The summed E-state index contributed by atoms with van der Waals surface area (Å²) in [7, 11) is 0. The maximum absolute atomic E-state index is 10.2. The summed E-state index contributed by atoms with van der Waals surface area (Å²) in [6, 6.07) is 0. The van der Waals surface area contributed by atoms with Gasteiger partial charge in [-0.2, -0.15) is 0 Å². The van der Waals surface area contributed by atoms with Crippen LogP contribution >= 0.6 is 0 Å². The molecule has 0 N–H and O–H groups in total. The smallest absolute Gasteiger partial charge is 0.327 e. The van der Waals surface area contributed by atoms with Crippen LogP contribution in [0.25, 0.3) is 0 Å². The highest BCUT2D eigenvalue weighted by Gasteiger charge is 2.28. The van der Waals surface area contributed by atoms with Crippen LogP contribution in [0.3, 0.4) is 0 Å². The summed E-state index contributed by atoms with van der Waals surface area (Å²) in [6.45, 7) is 4.36. The molecule has 1 fully saturated rings. The van der Waals surface area contributed by atoms with E-state index in [2.05, 4.69) is 32.8 Å². The van der Waals surface area contributed by atoms with Crippen LogP contribution in [0, 0.1) is 0 Å². The normalized spacial score (nSPS) is 15.4. The summed E-state index contributed by atoms with van der Waals surface area (Å²) in [5, 5.41) is 0. The number of carbonyl (C=O) groups is 4. The molecule has 0 spiro atoms. The lowest BCUT2D eigenvalue weighted by Crippen LogP contribution is -2.27. The molecule has 0 aliphatic carbocycles. The molecule has 0 atom stereocenters. The summed E-state index contributed by atoms with van der Waals surface area (Å²) in [5.74, 6) is 0. The third-order valence-electron chi connectivity index (χ3n) is 1.17. The number of carbonyl (C=O) groups excluding carboxylic acids is 4. The van der Waals surface area contributed by atoms with Crippen LogP contribution in [0.15, 0.2) is 0 Å². The lowest BCUT2D eigenvalue weighted by Gasteiger charge is -2.05. The van der Waals surface area contributed by atoms with Gasteiger partial charge in [-0.1, -0.05) is 26.7 Å². The maximum Gasteiger partial charge on any atom is 0.528 e. The van der Waals surface area contributed by atoms with E-state index < -0.39 is 24.6 Å². The standard InChI is InChI=1S/C4O8.C4H10/c5-1-9-2(6)11-4(8)12-3(7)10-1;1-3-4-2/h;3-4H2,1-2H3. The van der Waals surface area contributed by atoms with E-state index in [0.717, 1.165) is 0 Å². The van der Waals surface area contributed by atoms with Crippen LogP contribution in [-0.2, 0) is 18.9 Å². The SMILES string of the molecule is CCCC.O=C1OC(=O)OC(=O)OC(=O)O1. The molecule has 0 aromatic heterocycles. The van der Waals surface area contributed by atoms with Gasteiger partial charge in [0.25, 0.3) is 0 Å². The molecule has 0 unspecified atom stereocenters. The third-order valence-corrected chi connectivity index (χ3v) is 1.17.